The van der Waals surface area contributed by atoms with Crippen LogP contribution in [0.4, 0.5) is 0 Å². The third-order valence-electron chi connectivity index (χ3n) is 3.30. The fourth-order valence-corrected chi connectivity index (χ4v) is 2.14. The summed E-state index contributed by atoms with van der Waals surface area (Å²) < 4.78 is 0. The lowest BCUT2D eigenvalue weighted by Crippen LogP contribution is -2.31. The first-order valence-electron chi connectivity index (χ1n) is 6.77. The minimum Gasteiger partial charge on any atom is -0.478 e. The highest BCUT2D eigenvalue weighted by atomic mass is 16.4. The van der Waals surface area contributed by atoms with E-state index < -0.39 is 5.97 Å². The maximum atomic E-state index is 11.8. The Morgan fingerprint density at radius 3 is 2.65 bits per heavy atom. The number of unbranched alkanes of at least 4 members (excludes halogenated alkanes) is 1. The predicted octanol–water partition coefficient (Wildman–Crippen LogP) is 2.32. The van der Waals surface area contributed by atoms with Crippen molar-refractivity contribution in [2.45, 2.75) is 32.7 Å². The van der Waals surface area contributed by atoms with Crippen LogP contribution in [0, 0.1) is 0 Å². The summed E-state index contributed by atoms with van der Waals surface area (Å²) in [5.74, 6) is -0.0865. The standard InChI is InChI=1S/C15H18N2O3/c1-2-3-4-13-16-9-14(18)17(13)10-11-5-7-12(8-6-11)15(19)20/h5-8H,2-4,9-10H2,1H3,(H,19,20). The Morgan fingerprint density at radius 2 is 2.05 bits per heavy atom. The first-order valence-corrected chi connectivity index (χ1v) is 6.77. The summed E-state index contributed by atoms with van der Waals surface area (Å²) in [6.07, 6.45) is 2.89. The van der Waals surface area contributed by atoms with Crippen LogP contribution in [0.25, 0.3) is 0 Å². The van der Waals surface area contributed by atoms with Crippen LogP contribution in [-0.4, -0.2) is 34.3 Å². The second-order valence-electron chi connectivity index (χ2n) is 4.82. The molecule has 106 valence electrons. The molecular weight excluding hydrogens is 256 g/mol. The van der Waals surface area contributed by atoms with Crippen LogP contribution >= 0.6 is 0 Å². The van der Waals surface area contributed by atoms with Gasteiger partial charge in [-0.2, -0.15) is 0 Å². The molecule has 1 N–H and O–H groups in total. The zero-order valence-electron chi connectivity index (χ0n) is 11.5. The van der Waals surface area contributed by atoms with Crippen molar-refractivity contribution in [2.24, 2.45) is 4.99 Å². The molecule has 1 heterocycles. The molecule has 0 fully saturated rings. The van der Waals surface area contributed by atoms with Crippen molar-refractivity contribution in [1.29, 1.82) is 0 Å². The van der Waals surface area contributed by atoms with Crippen molar-refractivity contribution >= 4 is 17.7 Å². The molecule has 2 rings (SSSR count). The molecule has 0 unspecified atom stereocenters. The minimum atomic E-state index is -0.945. The lowest BCUT2D eigenvalue weighted by Gasteiger charge is -2.18. The summed E-state index contributed by atoms with van der Waals surface area (Å²) in [5, 5.41) is 8.86. The van der Waals surface area contributed by atoms with Crippen molar-refractivity contribution < 1.29 is 14.7 Å². The van der Waals surface area contributed by atoms with Gasteiger partial charge in [0.1, 0.15) is 12.4 Å². The molecule has 20 heavy (non-hydrogen) atoms. The van der Waals surface area contributed by atoms with Crippen LogP contribution < -0.4 is 0 Å². The van der Waals surface area contributed by atoms with E-state index in [1.165, 1.54) is 0 Å². The van der Waals surface area contributed by atoms with E-state index in [0.29, 0.717) is 6.54 Å². The highest BCUT2D eigenvalue weighted by Gasteiger charge is 2.24. The molecule has 5 heteroatoms. The second-order valence-corrected chi connectivity index (χ2v) is 4.82. The van der Waals surface area contributed by atoms with Crippen LogP contribution in [0.5, 0.6) is 0 Å². The molecule has 0 atom stereocenters. The fourth-order valence-electron chi connectivity index (χ4n) is 2.14. The zero-order chi connectivity index (χ0) is 14.5. The number of amidine groups is 1. The summed E-state index contributed by atoms with van der Waals surface area (Å²) >= 11 is 0. The highest BCUT2D eigenvalue weighted by molar-refractivity contribution is 6.03. The maximum absolute atomic E-state index is 11.8. The second kappa shape index (κ2) is 6.32. The van der Waals surface area contributed by atoms with Gasteiger partial charge >= 0.3 is 5.97 Å². The van der Waals surface area contributed by atoms with Gasteiger partial charge in [-0.1, -0.05) is 25.5 Å². The Hall–Kier alpha value is -2.17. The topological polar surface area (TPSA) is 70.0 Å². The van der Waals surface area contributed by atoms with Gasteiger partial charge in [0, 0.05) is 6.42 Å². The molecule has 1 aromatic rings. The number of hydrogen-bond donors (Lipinski definition) is 1. The normalized spacial score (nSPS) is 14.6. The van der Waals surface area contributed by atoms with E-state index in [0.717, 1.165) is 30.7 Å². The first-order chi connectivity index (χ1) is 9.61. The summed E-state index contributed by atoms with van der Waals surface area (Å²) in [6, 6.07) is 6.60. The number of carboxylic acid groups (broad SMARTS) is 1. The molecule has 5 nitrogen and oxygen atoms in total. The number of hydrogen-bond acceptors (Lipinski definition) is 3. The lowest BCUT2D eigenvalue weighted by molar-refractivity contribution is -0.125. The van der Waals surface area contributed by atoms with Gasteiger partial charge in [-0.05, 0) is 24.1 Å². The Bertz CT molecular complexity index is 535. The number of nitrogens with zero attached hydrogens (tertiary/aromatic N) is 2. The van der Waals surface area contributed by atoms with E-state index >= 15 is 0 Å². The fraction of sp³-hybridized carbons (Fsp3) is 0.400. The number of rotatable bonds is 6. The number of carbonyl (C=O) groups is 2. The van der Waals surface area contributed by atoms with Crippen molar-refractivity contribution in [3.8, 4) is 0 Å². The van der Waals surface area contributed by atoms with Crippen LogP contribution in [0.2, 0.25) is 0 Å². The Kier molecular flexibility index (Phi) is 4.50. The average Bonchev–Trinajstić information content (AvgIpc) is 2.78. The minimum absolute atomic E-state index is 0.0124. The van der Waals surface area contributed by atoms with Gasteiger partial charge in [-0.15, -0.1) is 0 Å². The summed E-state index contributed by atoms with van der Waals surface area (Å²) in [5.41, 5.74) is 1.16. The van der Waals surface area contributed by atoms with Crippen LogP contribution in [0.1, 0.15) is 42.1 Å². The third-order valence-corrected chi connectivity index (χ3v) is 3.30. The summed E-state index contributed by atoms with van der Waals surface area (Å²) in [7, 11) is 0. The quantitative estimate of drug-likeness (QED) is 0.865. The third kappa shape index (κ3) is 3.23. The van der Waals surface area contributed by atoms with Crippen molar-refractivity contribution in [1.82, 2.24) is 4.90 Å². The van der Waals surface area contributed by atoms with Gasteiger partial charge in [0.15, 0.2) is 0 Å². The zero-order valence-corrected chi connectivity index (χ0v) is 11.5. The van der Waals surface area contributed by atoms with Crippen LogP contribution in [-0.2, 0) is 11.3 Å². The molecular formula is C15H18N2O3. The number of benzene rings is 1. The van der Waals surface area contributed by atoms with Gasteiger partial charge in [0.2, 0.25) is 5.91 Å². The lowest BCUT2D eigenvalue weighted by atomic mass is 10.1. The Balaban J connectivity index is 2.05. The van der Waals surface area contributed by atoms with Crippen molar-refractivity contribution in [3.63, 3.8) is 0 Å². The molecule has 0 radical (unpaired) electrons. The average molecular weight is 274 g/mol. The van der Waals surface area contributed by atoms with Gasteiger partial charge < -0.3 is 5.11 Å². The highest BCUT2D eigenvalue weighted by Crippen LogP contribution is 2.15. The first kappa shape index (κ1) is 14.2. The van der Waals surface area contributed by atoms with Gasteiger partial charge in [0.25, 0.3) is 0 Å². The monoisotopic (exact) mass is 274 g/mol. The molecule has 0 aromatic heterocycles. The SMILES string of the molecule is CCCCC1=NCC(=O)N1Cc1ccc(C(=O)O)cc1. The molecule has 0 spiro atoms. The van der Waals surface area contributed by atoms with E-state index in [4.69, 9.17) is 5.11 Å². The molecule has 0 saturated carbocycles. The molecule has 1 aliphatic rings. The van der Waals surface area contributed by atoms with Gasteiger partial charge in [-0.25, -0.2) is 4.79 Å². The predicted molar refractivity (Wildman–Crippen MR) is 75.8 cm³/mol. The molecule has 0 bridgehead atoms. The molecule has 0 saturated heterocycles. The van der Waals surface area contributed by atoms with Crippen LogP contribution in [0.15, 0.2) is 29.3 Å². The van der Waals surface area contributed by atoms with E-state index in [2.05, 4.69) is 11.9 Å². The largest absolute Gasteiger partial charge is 0.478 e. The van der Waals surface area contributed by atoms with Crippen molar-refractivity contribution in [2.75, 3.05) is 6.54 Å². The molecule has 1 amide bonds. The summed E-state index contributed by atoms with van der Waals surface area (Å²) in [4.78, 5) is 28.6. The van der Waals surface area contributed by atoms with E-state index in [1.54, 1.807) is 29.2 Å². The molecule has 0 aliphatic carbocycles. The number of carboxylic acids is 1. The van der Waals surface area contributed by atoms with E-state index in [9.17, 15) is 9.59 Å². The number of aromatic carboxylic acids is 1. The maximum Gasteiger partial charge on any atom is 0.335 e. The molecule has 1 aromatic carbocycles. The number of carbonyl (C=O) groups excluding carboxylic acids is 1. The van der Waals surface area contributed by atoms with E-state index in [-0.39, 0.29) is 18.0 Å². The smallest absolute Gasteiger partial charge is 0.335 e. The Labute approximate surface area is 117 Å². The molecule has 1 aliphatic heterocycles. The van der Waals surface area contributed by atoms with E-state index in [1.807, 2.05) is 0 Å². The number of aliphatic imine (C=N–C) groups is 1. The Morgan fingerprint density at radius 1 is 1.35 bits per heavy atom. The van der Waals surface area contributed by atoms with Crippen molar-refractivity contribution in [3.05, 3.63) is 35.4 Å². The van der Waals surface area contributed by atoms with Gasteiger partial charge in [0.05, 0.1) is 12.1 Å². The summed E-state index contributed by atoms with van der Waals surface area (Å²) in [6.45, 7) is 2.79. The van der Waals surface area contributed by atoms with Gasteiger partial charge in [-0.3, -0.25) is 14.7 Å². The number of amides is 1. The van der Waals surface area contributed by atoms with Crippen LogP contribution in [0.3, 0.4) is 0 Å².